The molecule has 0 fully saturated rings. The molecule has 0 saturated heterocycles. The predicted octanol–water partition coefficient (Wildman–Crippen LogP) is 3.61. The highest BCUT2D eigenvalue weighted by molar-refractivity contribution is 5.89. The van der Waals surface area contributed by atoms with Gasteiger partial charge in [-0.15, -0.1) is 0 Å². The minimum atomic E-state index is -0.444. The molecule has 0 aliphatic heterocycles. The molecule has 0 amide bonds. The van der Waals surface area contributed by atoms with Crippen molar-refractivity contribution >= 4 is 17.8 Å². The Hall–Kier alpha value is -2.56. The van der Waals surface area contributed by atoms with Crippen LogP contribution in [0.4, 0.5) is 10.1 Å². The number of nitrogens with zero attached hydrogens (tertiary/aromatic N) is 3. The van der Waals surface area contributed by atoms with E-state index in [1.807, 2.05) is 37.1 Å². The summed E-state index contributed by atoms with van der Waals surface area (Å²) in [6, 6.07) is 9.76. The molecular weight excluding hydrogens is 281 g/mol. The van der Waals surface area contributed by atoms with Gasteiger partial charge in [0.1, 0.15) is 11.7 Å². The third-order valence-electron chi connectivity index (χ3n) is 3.25. The Labute approximate surface area is 129 Å². The van der Waals surface area contributed by atoms with Crippen molar-refractivity contribution in [2.45, 2.75) is 19.9 Å². The molecule has 0 saturated carbocycles. The predicted molar refractivity (Wildman–Crippen MR) is 84.9 cm³/mol. The lowest BCUT2D eigenvalue weighted by Crippen LogP contribution is -2.26. The van der Waals surface area contributed by atoms with Gasteiger partial charge in [0.05, 0.1) is 17.9 Å². The Morgan fingerprint density at radius 2 is 2.18 bits per heavy atom. The van der Waals surface area contributed by atoms with Crippen molar-refractivity contribution in [3.05, 3.63) is 59.7 Å². The number of benzene rings is 1. The first-order valence-corrected chi connectivity index (χ1v) is 7.07. The number of halogens is 1. The topological polar surface area (TPSA) is 45.6 Å². The summed E-state index contributed by atoms with van der Waals surface area (Å²) >= 11 is 0. The molecule has 0 radical (unpaired) electrons. The highest BCUT2D eigenvalue weighted by atomic mass is 19.1. The van der Waals surface area contributed by atoms with E-state index in [1.165, 1.54) is 18.2 Å². The molecular formula is C17H18FN3O. The van der Waals surface area contributed by atoms with Gasteiger partial charge in [-0.05, 0) is 30.3 Å². The molecule has 0 N–H and O–H groups in total. The normalized spacial score (nSPS) is 11.3. The van der Waals surface area contributed by atoms with Gasteiger partial charge in [-0.25, -0.2) is 9.38 Å². The van der Waals surface area contributed by atoms with Crippen molar-refractivity contribution in [3.63, 3.8) is 0 Å². The van der Waals surface area contributed by atoms with Crippen molar-refractivity contribution in [2.24, 2.45) is 4.99 Å². The number of carbonyl (C=O) groups excluding carboxylic acids is 1. The fourth-order valence-electron chi connectivity index (χ4n) is 2.12. The van der Waals surface area contributed by atoms with Crippen molar-refractivity contribution in [1.29, 1.82) is 0 Å². The molecule has 0 bridgehead atoms. The maximum atomic E-state index is 13.2. The molecule has 0 atom stereocenters. The molecule has 4 nitrogen and oxygen atoms in total. The lowest BCUT2D eigenvalue weighted by Gasteiger charge is -2.20. The van der Waals surface area contributed by atoms with E-state index in [4.69, 9.17) is 0 Å². The molecule has 2 aromatic rings. The Bertz CT molecular complexity index is 671. The van der Waals surface area contributed by atoms with E-state index in [9.17, 15) is 9.18 Å². The molecule has 0 aliphatic carbocycles. The minimum Gasteiger partial charge on any atom is -0.357 e. The van der Waals surface area contributed by atoms with E-state index in [0.717, 1.165) is 11.5 Å². The minimum absolute atomic E-state index is 0.247. The van der Waals surface area contributed by atoms with E-state index in [2.05, 4.69) is 9.98 Å². The summed E-state index contributed by atoms with van der Waals surface area (Å²) in [7, 11) is 1.92. The first kappa shape index (κ1) is 15.8. The van der Waals surface area contributed by atoms with E-state index < -0.39 is 5.82 Å². The number of amidine groups is 1. The fraction of sp³-hybridized carbons (Fsp3) is 0.235. The van der Waals surface area contributed by atoms with Crippen LogP contribution in [0.25, 0.3) is 0 Å². The summed E-state index contributed by atoms with van der Waals surface area (Å²) in [5.74, 6) is 0.362. The third-order valence-corrected chi connectivity index (χ3v) is 3.25. The van der Waals surface area contributed by atoms with Crippen LogP contribution in [0.2, 0.25) is 0 Å². The molecule has 1 aromatic heterocycles. The van der Waals surface area contributed by atoms with Crippen LogP contribution in [-0.2, 0) is 6.54 Å². The summed E-state index contributed by atoms with van der Waals surface area (Å²) in [6.07, 6.45) is 3.06. The molecule has 2 rings (SSSR count). The zero-order valence-corrected chi connectivity index (χ0v) is 12.7. The molecule has 114 valence electrons. The van der Waals surface area contributed by atoms with Crippen molar-refractivity contribution in [3.8, 4) is 0 Å². The summed E-state index contributed by atoms with van der Waals surface area (Å²) in [5, 5.41) is 0. The summed E-state index contributed by atoms with van der Waals surface area (Å²) in [4.78, 5) is 21.8. The molecule has 0 aliphatic rings. The highest BCUT2D eigenvalue weighted by Gasteiger charge is 2.09. The van der Waals surface area contributed by atoms with Crippen LogP contribution in [0.5, 0.6) is 0 Å². The summed E-state index contributed by atoms with van der Waals surface area (Å²) < 4.78 is 13.2. The number of carbonyl (C=O) groups is 1. The van der Waals surface area contributed by atoms with Crippen LogP contribution in [0.15, 0.2) is 47.6 Å². The van der Waals surface area contributed by atoms with E-state index in [0.29, 0.717) is 24.9 Å². The molecule has 5 heteroatoms. The largest absolute Gasteiger partial charge is 0.357 e. The Morgan fingerprint density at radius 3 is 2.82 bits per heavy atom. The van der Waals surface area contributed by atoms with Crippen LogP contribution in [-0.4, -0.2) is 29.1 Å². The standard InChI is InChI=1S/C17H18FN3O/c1-3-17(21(2)11-15-6-4-5-9-19-15)20-16-8-7-14(18)10-13(16)12-22/h4-10,12H,3,11H2,1-2H3. The van der Waals surface area contributed by atoms with E-state index in [1.54, 1.807) is 6.20 Å². The smallest absolute Gasteiger partial charge is 0.152 e. The number of rotatable bonds is 5. The zero-order valence-electron chi connectivity index (χ0n) is 12.7. The van der Waals surface area contributed by atoms with Crippen LogP contribution < -0.4 is 0 Å². The second kappa shape index (κ2) is 7.45. The monoisotopic (exact) mass is 299 g/mol. The van der Waals surface area contributed by atoms with Gasteiger partial charge < -0.3 is 4.90 Å². The molecule has 22 heavy (non-hydrogen) atoms. The number of hydrogen-bond acceptors (Lipinski definition) is 3. The second-order valence-electron chi connectivity index (χ2n) is 4.88. The zero-order chi connectivity index (χ0) is 15.9. The summed E-state index contributed by atoms with van der Waals surface area (Å²) in [6.45, 7) is 2.60. The lowest BCUT2D eigenvalue weighted by atomic mass is 10.2. The van der Waals surface area contributed by atoms with Gasteiger partial charge in [0.2, 0.25) is 0 Å². The van der Waals surface area contributed by atoms with Crippen LogP contribution in [0.3, 0.4) is 0 Å². The van der Waals surface area contributed by atoms with E-state index >= 15 is 0 Å². The van der Waals surface area contributed by atoms with Gasteiger partial charge in [0.25, 0.3) is 0 Å². The van der Waals surface area contributed by atoms with Gasteiger partial charge in [-0.3, -0.25) is 9.78 Å². The lowest BCUT2D eigenvalue weighted by molar-refractivity contribution is 0.112. The second-order valence-corrected chi connectivity index (χ2v) is 4.88. The van der Waals surface area contributed by atoms with Crippen LogP contribution >= 0.6 is 0 Å². The SMILES string of the molecule is CCC(=Nc1ccc(F)cc1C=O)N(C)Cc1ccccn1. The van der Waals surface area contributed by atoms with Gasteiger partial charge >= 0.3 is 0 Å². The first-order valence-electron chi connectivity index (χ1n) is 7.07. The number of aldehydes is 1. The average molecular weight is 299 g/mol. The van der Waals surface area contributed by atoms with E-state index in [-0.39, 0.29) is 5.56 Å². The van der Waals surface area contributed by atoms with Gasteiger partial charge in [0, 0.05) is 25.2 Å². The number of pyridine rings is 1. The van der Waals surface area contributed by atoms with Gasteiger partial charge in [-0.2, -0.15) is 0 Å². The average Bonchev–Trinajstić information content (AvgIpc) is 2.54. The number of aliphatic imine (C=N–C) groups is 1. The fourth-order valence-corrected chi connectivity index (χ4v) is 2.12. The quantitative estimate of drug-likeness (QED) is 0.481. The number of aromatic nitrogens is 1. The van der Waals surface area contributed by atoms with Crippen LogP contribution in [0.1, 0.15) is 29.4 Å². The highest BCUT2D eigenvalue weighted by Crippen LogP contribution is 2.20. The van der Waals surface area contributed by atoms with Crippen molar-refractivity contribution in [1.82, 2.24) is 9.88 Å². The maximum Gasteiger partial charge on any atom is 0.152 e. The Kier molecular flexibility index (Phi) is 5.36. The Balaban J connectivity index is 2.25. The molecule has 1 heterocycles. The van der Waals surface area contributed by atoms with Gasteiger partial charge in [-0.1, -0.05) is 13.0 Å². The molecule has 0 spiro atoms. The first-order chi connectivity index (χ1) is 10.6. The van der Waals surface area contributed by atoms with Crippen molar-refractivity contribution in [2.75, 3.05) is 7.05 Å². The maximum absolute atomic E-state index is 13.2. The molecule has 0 unspecified atom stereocenters. The molecule has 1 aromatic carbocycles. The summed E-state index contributed by atoms with van der Waals surface area (Å²) in [5.41, 5.74) is 1.65. The third kappa shape index (κ3) is 3.97. The van der Waals surface area contributed by atoms with Gasteiger partial charge in [0.15, 0.2) is 6.29 Å². The number of hydrogen-bond donors (Lipinski definition) is 0. The Morgan fingerprint density at radius 1 is 1.36 bits per heavy atom. The van der Waals surface area contributed by atoms with Crippen LogP contribution in [0, 0.1) is 5.82 Å². The van der Waals surface area contributed by atoms with Crippen molar-refractivity contribution < 1.29 is 9.18 Å².